The maximum absolute atomic E-state index is 12.4. The first-order chi connectivity index (χ1) is 8.68. The molecule has 1 saturated heterocycles. The molecule has 18 heavy (non-hydrogen) atoms. The van der Waals surface area contributed by atoms with Crippen molar-refractivity contribution in [1.82, 2.24) is 9.88 Å². The van der Waals surface area contributed by atoms with Crippen LogP contribution in [0.25, 0.3) is 0 Å². The molecule has 1 aromatic heterocycles. The molecule has 0 aliphatic carbocycles. The molecule has 1 aliphatic rings. The quantitative estimate of drug-likeness (QED) is 0.736. The topological polar surface area (TPSA) is 33.2 Å². The van der Waals surface area contributed by atoms with E-state index in [-0.39, 0.29) is 5.91 Å². The van der Waals surface area contributed by atoms with Crippen molar-refractivity contribution in [3.8, 4) is 0 Å². The van der Waals surface area contributed by atoms with Gasteiger partial charge in [0, 0.05) is 19.3 Å². The molecule has 5 heteroatoms. The summed E-state index contributed by atoms with van der Waals surface area (Å²) < 4.78 is 0. The van der Waals surface area contributed by atoms with E-state index in [9.17, 15) is 4.79 Å². The highest BCUT2D eigenvalue weighted by Gasteiger charge is 2.19. The monoisotopic (exact) mass is 286 g/mol. The molecule has 0 bridgehead atoms. The number of amides is 1. The zero-order valence-electron chi connectivity index (χ0n) is 10.2. The average Bonchev–Trinajstić information content (AvgIpc) is 2.31. The maximum atomic E-state index is 12.4. The van der Waals surface area contributed by atoms with Crippen LogP contribution in [0, 0.1) is 0 Å². The molecular weight excluding hydrogens is 271 g/mol. The van der Waals surface area contributed by atoms with Crippen LogP contribution >= 0.6 is 23.2 Å². The van der Waals surface area contributed by atoms with E-state index in [0.717, 1.165) is 25.9 Å². The van der Waals surface area contributed by atoms with Crippen LogP contribution in [0.5, 0.6) is 0 Å². The first kappa shape index (κ1) is 13.6. The summed E-state index contributed by atoms with van der Waals surface area (Å²) in [5.41, 5.74) is 0.456. The smallest absolute Gasteiger partial charge is 0.255 e. The molecule has 98 valence electrons. The second kappa shape index (κ2) is 6.39. The molecule has 3 nitrogen and oxygen atoms in total. The van der Waals surface area contributed by atoms with Gasteiger partial charge in [0.05, 0.1) is 10.6 Å². The number of carbonyl (C=O) groups excluding carboxylic acids is 1. The Balaban J connectivity index is 2.15. The Kier molecular flexibility index (Phi) is 4.84. The van der Waals surface area contributed by atoms with Crippen molar-refractivity contribution in [2.75, 3.05) is 13.1 Å². The molecule has 1 amide bonds. The van der Waals surface area contributed by atoms with Crippen molar-refractivity contribution in [2.45, 2.75) is 32.1 Å². The fourth-order valence-electron chi connectivity index (χ4n) is 2.20. The van der Waals surface area contributed by atoms with Crippen molar-refractivity contribution in [3.05, 3.63) is 28.0 Å². The summed E-state index contributed by atoms with van der Waals surface area (Å²) in [6.45, 7) is 1.60. The van der Waals surface area contributed by atoms with E-state index < -0.39 is 0 Å². The lowest BCUT2D eigenvalue weighted by molar-refractivity contribution is 0.0742. The average molecular weight is 287 g/mol. The summed E-state index contributed by atoms with van der Waals surface area (Å²) in [6.07, 6.45) is 7.19. The van der Waals surface area contributed by atoms with Gasteiger partial charge in [-0.3, -0.25) is 4.79 Å². The standard InChI is InChI=1S/C13H16Cl2N2O/c14-11-9-16-12(15)8-10(11)13(18)17-6-4-2-1-3-5-7-17/h8-9H,1-7H2. The molecule has 0 unspecified atom stereocenters. The molecule has 1 aliphatic heterocycles. The van der Waals surface area contributed by atoms with Gasteiger partial charge in [0.2, 0.25) is 0 Å². The molecule has 0 atom stereocenters. The predicted molar refractivity (Wildman–Crippen MR) is 73.2 cm³/mol. The highest BCUT2D eigenvalue weighted by atomic mass is 35.5. The molecule has 0 aromatic carbocycles. The Labute approximate surface area is 117 Å². The number of hydrogen-bond acceptors (Lipinski definition) is 2. The fourth-order valence-corrected chi connectivity index (χ4v) is 2.54. The van der Waals surface area contributed by atoms with Gasteiger partial charge in [-0.2, -0.15) is 0 Å². The van der Waals surface area contributed by atoms with Crippen molar-refractivity contribution >= 4 is 29.1 Å². The minimum atomic E-state index is -0.0359. The van der Waals surface area contributed by atoms with E-state index in [4.69, 9.17) is 23.2 Å². The Hall–Kier alpha value is -0.800. The van der Waals surface area contributed by atoms with Crippen LogP contribution in [-0.4, -0.2) is 28.9 Å². The third kappa shape index (κ3) is 3.36. The van der Waals surface area contributed by atoms with Gasteiger partial charge in [0.25, 0.3) is 5.91 Å². The Bertz CT molecular complexity index is 429. The van der Waals surface area contributed by atoms with E-state index >= 15 is 0 Å². The van der Waals surface area contributed by atoms with Crippen LogP contribution in [0.1, 0.15) is 42.5 Å². The summed E-state index contributed by atoms with van der Waals surface area (Å²) in [5, 5.41) is 0.668. The van der Waals surface area contributed by atoms with Crippen molar-refractivity contribution in [2.24, 2.45) is 0 Å². The van der Waals surface area contributed by atoms with Gasteiger partial charge < -0.3 is 4.90 Å². The van der Waals surface area contributed by atoms with Gasteiger partial charge in [0.1, 0.15) is 5.15 Å². The second-order valence-electron chi connectivity index (χ2n) is 4.55. The van der Waals surface area contributed by atoms with Crippen molar-refractivity contribution in [3.63, 3.8) is 0 Å². The summed E-state index contributed by atoms with van der Waals surface area (Å²) >= 11 is 11.8. The number of pyridine rings is 1. The SMILES string of the molecule is O=C(c1cc(Cl)ncc1Cl)N1CCCCCCC1. The molecule has 2 heterocycles. The highest BCUT2D eigenvalue weighted by molar-refractivity contribution is 6.35. The molecule has 1 aromatic rings. The first-order valence-electron chi connectivity index (χ1n) is 6.29. The van der Waals surface area contributed by atoms with E-state index in [1.807, 2.05) is 4.90 Å². The maximum Gasteiger partial charge on any atom is 0.255 e. The molecule has 2 rings (SSSR count). The minimum absolute atomic E-state index is 0.0359. The van der Waals surface area contributed by atoms with E-state index in [0.29, 0.717) is 15.7 Å². The number of carbonyl (C=O) groups is 1. The number of halogens is 2. The van der Waals surface area contributed by atoms with Gasteiger partial charge in [-0.25, -0.2) is 4.98 Å². The molecule has 1 fully saturated rings. The van der Waals surface area contributed by atoms with Gasteiger partial charge in [-0.15, -0.1) is 0 Å². The fraction of sp³-hybridized carbons (Fsp3) is 0.538. The molecule has 0 spiro atoms. The van der Waals surface area contributed by atoms with E-state index in [1.54, 1.807) is 6.07 Å². The Morgan fingerprint density at radius 3 is 2.39 bits per heavy atom. The summed E-state index contributed by atoms with van der Waals surface area (Å²) in [4.78, 5) is 18.1. The number of hydrogen-bond donors (Lipinski definition) is 0. The lowest BCUT2D eigenvalue weighted by atomic mass is 10.1. The number of likely N-dealkylation sites (tertiary alicyclic amines) is 1. The number of aromatic nitrogens is 1. The third-order valence-electron chi connectivity index (χ3n) is 3.20. The summed E-state index contributed by atoms with van der Waals surface area (Å²) in [5.74, 6) is -0.0359. The van der Waals surface area contributed by atoms with Crippen LogP contribution in [0.2, 0.25) is 10.2 Å². The van der Waals surface area contributed by atoms with Crippen LogP contribution in [-0.2, 0) is 0 Å². The van der Waals surface area contributed by atoms with Crippen molar-refractivity contribution in [1.29, 1.82) is 0 Å². The second-order valence-corrected chi connectivity index (χ2v) is 5.34. The minimum Gasteiger partial charge on any atom is -0.339 e. The molecule has 0 radical (unpaired) electrons. The zero-order chi connectivity index (χ0) is 13.0. The van der Waals surface area contributed by atoms with Crippen molar-refractivity contribution < 1.29 is 4.79 Å². The van der Waals surface area contributed by atoms with E-state index in [2.05, 4.69) is 4.98 Å². The van der Waals surface area contributed by atoms with Crippen LogP contribution in [0.15, 0.2) is 12.3 Å². The molecular formula is C13H16Cl2N2O. The normalized spacial score (nSPS) is 17.1. The van der Waals surface area contributed by atoms with Gasteiger partial charge >= 0.3 is 0 Å². The third-order valence-corrected chi connectivity index (χ3v) is 3.70. The Morgan fingerprint density at radius 1 is 1.11 bits per heavy atom. The lowest BCUT2D eigenvalue weighted by Gasteiger charge is -2.25. The van der Waals surface area contributed by atoms with E-state index in [1.165, 1.54) is 25.5 Å². The number of rotatable bonds is 1. The molecule has 0 N–H and O–H groups in total. The highest BCUT2D eigenvalue weighted by Crippen LogP contribution is 2.21. The largest absolute Gasteiger partial charge is 0.339 e. The van der Waals surface area contributed by atoms with Gasteiger partial charge in [-0.05, 0) is 18.9 Å². The van der Waals surface area contributed by atoms with Crippen LogP contribution in [0.3, 0.4) is 0 Å². The number of nitrogens with zero attached hydrogens (tertiary/aromatic N) is 2. The summed E-state index contributed by atoms with van der Waals surface area (Å²) in [7, 11) is 0. The van der Waals surface area contributed by atoms with Gasteiger partial charge in [0.15, 0.2) is 0 Å². The first-order valence-corrected chi connectivity index (χ1v) is 7.04. The predicted octanol–water partition coefficient (Wildman–Crippen LogP) is 3.79. The zero-order valence-corrected chi connectivity index (χ0v) is 11.7. The summed E-state index contributed by atoms with van der Waals surface area (Å²) in [6, 6.07) is 1.55. The van der Waals surface area contributed by atoms with Crippen LogP contribution in [0.4, 0.5) is 0 Å². The van der Waals surface area contributed by atoms with Gasteiger partial charge in [-0.1, -0.05) is 42.5 Å². The molecule has 0 saturated carbocycles. The van der Waals surface area contributed by atoms with Crippen LogP contribution < -0.4 is 0 Å². The Morgan fingerprint density at radius 2 is 1.72 bits per heavy atom. The lowest BCUT2D eigenvalue weighted by Crippen LogP contribution is -2.34.